The van der Waals surface area contributed by atoms with Gasteiger partial charge < -0.3 is 14.8 Å². The monoisotopic (exact) mass is 422 g/mol. The number of H-pyrrole nitrogens is 1. The number of aliphatic hydroxyl groups excluding tert-OH is 1. The zero-order chi connectivity index (χ0) is 21.9. The van der Waals surface area contributed by atoms with E-state index in [9.17, 15) is 18.7 Å². The number of aliphatic imine (C=N–C) groups is 1. The highest BCUT2D eigenvalue weighted by atomic mass is 19.3. The number of aromatic amines is 1. The number of benzene rings is 1. The van der Waals surface area contributed by atoms with Gasteiger partial charge in [-0.05, 0) is 38.0 Å². The predicted octanol–water partition coefficient (Wildman–Crippen LogP) is 3.80. The zero-order valence-corrected chi connectivity index (χ0v) is 17.1. The number of halogens is 2. The molecule has 0 fully saturated rings. The molecule has 0 saturated carbocycles. The molecule has 0 aliphatic rings. The number of anilines is 1. The first-order chi connectivity index (χ1) is 14.4. The second-order valence-electron chi connectivity index (χ2n) is 6.65. The Morgan fingerprint density at radius 3 is 2.90 bits per heavy atom. The van der Waals surface area contributed by atoms with Crippen LogP contribution in [0.3, 0.4) is 0 Å². The van der Waals surface area contributed by atoms with Crippen molar-refractivity contribution >= 4 is 23.0 Å². The zero-order valence-electron chi connectivity index (χ0n) is 17.1. The lowest BCUT2D eigenvalue weighted by molar-refractivity contribution is 0.230. The van der Waals surface area contributed by atoms with Gasteiger partial charge >= 0.3 is 5.76 Å². The molecule has 30 heavy (non-hydrogen) atoms. The number of allylic oxidation sites excluding steroid dienone is 1. The van der Waals surface area contributed by atoms with Crippen LogP contribution in [0.25, 0.3) is 11.1 Å². The molecule has 0 amide bonds. The molecule has 1 aromatic carbocycles. The molecule has 0 bridgehead atoms. The van der Waals surface area contributed by atoms with Crippen LogP contribution in [0.1, 0.15) is 33.1 Å². The number of nitrogens with one attached hydrogen (secondary N) is 3. The Morgan fingerprint density at radius 2 is 2.20 bits per heavy atom. The smallest absolute Gasteiger partial charge is 0.408 e. The summed E-state index contributed by atoms with van der Waals surface area (Å²) >= 11 is 0. The van der Waals surface area contributed by atoms with Gasteiger partial charge in [-0.3, -0.25) is 15.3 Å². The van der Waals surface area contributed by atoms with Gasteiger partial charge in [-0.1, -0.05) is 24.6 Å². The van der Waals surface area contributed by atoms with Crippen LogP contribution in [0.5, 0.6) is 0 Å². The molecule has 1 heterocycles. The highest BCUT2D eigenvalue weighted by Gasteiger charge is 2.08. The third kappa shape index (κ3) is 7.92. The minimum absolute atomic E-state index is 0.401. The number of aliphatic hydroxyl groups is 1. The lowest BCUT2D eigenvalue weighted by Crippen LogP contribution is -2.28. The Bertz CT molecular complexity index is 934. The highest BCUT2D eigenvalue weighted by molar-refractivity contribution is 5.76. The second-order valence-corrected chi connectivity index (χ2v) is 6.65. The molecule has 4 N–H and O–H groups in total. The highest BCUT2D eigenvalue weighted by Crippen LogP contribution is 2.17. The standard InChI is InChI=1S/C21H28F2N4O3/c1-3-5-6-19(25-13-18(22)23)24-10-9-14(4-2)11-20(28)26-15-7-8-16-17(12-15)30-21(29)27-16/h3,5,7-8,11-13,18-20,24,26,28H,4,6,9-10H2,1-2H3,(H,27,29)/b5-3-,14-11-,25-13+. The summed E-state index contributed by atoms with van der Waals surface area (Å²) in [5.74, 6) is -0.533. The molecule has 0 aliphatic heterocycles. The Balaban J connectivity index is 1.91. The van der Waals surface area contributed by atoms with E-state index >= 15 is 0 Å². The van der Waals surface area contributed by atoms with Crippen molar-refractivity contribution in [1.29, 1.82) is 0 Å². The fraction of sp³-hybridized carbons (Fsp3) is 0.429. The van der Waals surface area contributed by atoms with Crippen LogP contribution in [0.15, 0.2) is 56.2 Å². The first kappa shape index (κ1) is 23.5. The molecule has 0 radical (unpaired) electrons. The predicted molar refractivity (Wildman–Crippen MR) is 115 cm³/mol. The van der Waals surface area contributed by atoms with Gasteiger partial charge in [-0.25, -0.2) is 13.6 Å². The lowest BCUT2D eigenvalue weighted by atomic mass is 10.1. The third-order valence-electron chi connectivity index (χ3n) is 4.38. The first-order valence-corrected chi connectivity index (χ1v) is 9.84. The van der Waals surface area contributed by atoms with E-state index in [1.807, 2.05) is 26.0 Å². The summed E-state index contributed by atoms with van der Waals surface area (Å²) in [6, 6.07) is 5.05. The SMILES string of the molecule is C/C=C\CC(/N=C/C(F)F)NCC/C(=C\C(O)Nc1ccc2[nH]c(=O)oc2c1)CC. The molecule has 2 rings (SSSR count). The van der Waals surface area contributed by atoms with Crippen molar-refractivity contribution in [3.05, 3.63) is 52.6 Å². The van der Waals surface area contributed by atoms with E-state index in [1.165, 1.54) is 0 Å². The van der Waals surface area contributed by atoms with E-state index in [-0.39, 0.29) is 0 Å². The summed E-state index contributed by atoms with van der Waals surface area (Å²) < 4.78 is 29.8. The van der Waals surface area contributed by atoms with Gasteiger partial charge in [-0.2, -0.15) is 0 Å². The van der Waals surface area contributed by atoms with E-state index in [4.69, 9.17) is 4.42 Å². The van der Waals surface area contributed by atoms with Crippen molar-refractivity contribution in [2.45, 2.75) is 51.9 Å². The quantitative estimate of drug-likeness (QED) is 0.237. The molecule has 1 aromatic heterocycles. The van der Waals surface area contributed by atoms with Crippen molar-refractivity contribution in [1.82, 2.24) is 10.3 Å². The average Bonchev–Trinajstić information content (AvgIpc) is 3.07. The maximum absolute atomic E-state index is 12.4. The summed E-state index contributed by atoms with van der Waals surface area (Å²) in [7, 11) is 0. The van der Waals surface area contributed by atoms with Crippen LogP contribution in [-0.4, -0.2) is 41.7 Å². The summed E-state index contributed by atoms with van der Waals surface area (Å²) in [6.07, 6.45) is 4.03. The molecule has 0 spiro atoms. The van der Waals surface area contributed by atoms with Crippen molar-refractivity contribution in [2.75, 3.05) is 11.9 Å². The van der Waals surface area contributed by atoms with E-state index in [0.717, 1.165) is 12.0 Å². The van der Waals surface area contributed by atoms with Crippen molar-refractivity contribution in [3.63, 3.8) is 0 Å². The van der Waals surface area contributed by atoms with Crippen LogP contribution < -0.4 is 16.4 Å². The van der Waals surface area contributed by atoms with Gasteiger partial charge in [0.05, 0.1) is 11.7 Å². The van der Waals surface area contributed by atoms with Crippen LogP contribution in [0.4, 0.5) is 14.5 Å². The van der Waals surface area contributed by atoms with E-state index in [0.29, 0.717) is 42.4 Å². The number of alkyl halides is 2. The Labute approximate surface area is 173 Å². The van der Waals surface area contributed by atoms with Gasteiger partial charge in [0, 0.05) is 24.7 Å². The fourth-order valence-electron chi connectivity index (χ4n) is 2.88. The minimum Gasteiger partial charge on any atom is -0.408 e. The van der Waals surface area contributed by atoms with E-state index in [2.05, 4.69) is 20.6 Å². The molecule has 2 aromatic rings. The number of fused-ring (bicyclic) bond motifs is 1. The average molecular weight is 422 g/mol. The van der Waals surface area contributed by atoms with Gasteiger partial charge in [0.1, 0.15) is 12.4 Å². The molecular formula is C21H28F2N4O3. The molecule has 0 saturated heterocycles. The summed E-state index contributed by atoms with van der Waals surface area (Å²) in [6.45, 7) is 4.38. The van der Waals surface area contributed by atoms with Gasteiger partial charge in [0.2, 0.25) is 0 Å². The molecule has 164 valence electrons. The number of oxazole rings is 1. The maximum atomic E-state index is 12.4. The third-order valence-corrected chi connectivity index (χ3v) is 4.38. The molecule has 7 nitrogen and oxygen atoms in total. The topological polar surface area (TPSA) is 103 Å². The van der Waals surface area contributed by atoms with Gasteiger partial charge in [0.15, 0.2) is 5.58 Å². The first-order valence-electron chi connectivity index (χ1n) is 9.84. The number of hydrogen-bond donors (Lipinski definition) is 4. The Hall–Kier alpha value is -2.78. The van der Waals surface area contributed by atoms with Crippen LogP contribution in [-0.2, 0) is 0 Å². The minimum atomic E-state index is -2.58. The van der Waals surface area contributed by atoms with Crippen LogP contribution in [0.2, 0.25) is 0 Å². The van der Waals surface area contributed by atoms with Crippen molar-refractivity contribution in [2.24, 2.45) is 4.99 Å². The normalized spacial score (nSPS) is 14.9. The van der Waals surface area contributed by atoms with Crippen LogP contribution >= 0.6 is 0 Å². The number of nitrogens with zero attached hydrogens (tertiary/aromatic N) is 1. The van der Waals surface area contributed by atoms with Crippen molar-refractivity contribution < 1.29 is 18.3 Å². The van der Waals surface area contributed by atoms with Gasteiger partial charge in [-0.15, -0.1) is 0 Å². The molecular weight excluding hydrogens is 394 g/mol. The summed E-state index contributed by atoms with van der Waals surface area (Å²) in [5, 5.41) is 16.4. The molecule has 2 atom stereocenters. The summed E-state index contributed by atoms with van der Waals surface area (Å²) in [5.41, 5.74) is 2.59. The largest absolute Gasteiger partial charge is 0.417 e. The number of hydrogen-bond acceptors (Lipinski definition) is 6. The van der Waals surface area contributed by atoms with Crippen LogP contribution in [0, 0.1) is 0 Å². The Morgan fingerprint density at radius 1 is 1.40 bits per heavy atom. The Kier molecular flexibility index (Phi) is 9.43. The number of aromatic nitrogens is 1. The number of rotatable bonds is 12. The van der Waals surface area contributed by atoms with E-state index in [1.54, 1.807) is 24.3 Å². The summed E-state index contributed by atoms with van der Waals surface area (Å²) in [4.78, 5) is 17.7. The lowest BCUT2D eigenvalue weighted by Gasteiger charge is -2.15. The molecule has 9 heteroatoms. The van der Waals surface area contributed by atoms with Crippen molar-refractivity contribution in [3.8, 4) is 0 Å². The molecule has 2 unspecified atom stereocenters. The molecule has 0 aliphatic carbocycles. The van der Waals surface area contributed by atoms with E-state index < -0.39 is 24.6 Å². The maximum Gasteiger partial charge on any atom is 0.417 e. The fourth-order valence-corrected chi connectivity index (χ4v) is 2.88. The van der Waals surface area contributed by atoms with Gasteiger partial charge in [0.25, 0.3) is 6.43 Å². The second kappa shape index (κ2) is 12.0.